The highest BCUT2D eigenvalue weighted by Gasteiger charge is 2.27. The van der Waals surface area contributed by atoms with Gasteiger partial charge < -0.3 is 15.0 Å². The molecule has 1 aliphatic rings. The van der Waals surface area contributed by atoms with E-state index < -0.39 is 5.60 Å². The van der Waals surface area contributed by atoms with Gasteiger partial charge in [-0.1, -0.05) is 12.1 Å². The van der Waals surface area contributed by atoms with Crippen molar-refractivity contribution in [2.45, 2.75) is 45.6 Å². The predicted octanol–water partition coefficient (Wildman–Crippen LogP) is 3.99. The average Bonchev–Trinajstić information content (AvgIpc) is 2.59. The lowest BCUT2D eigenvalue weighted by Gasteiger charge is -2.34. The normalized spacial score (nSPS) is 17.8. The van der Waals surface area contributed by atoms with Crippen LogP contribution in [0, 0.1) is 11.7 Å². The van der Waals surface area contributed by atoms with Gasteiger partial charge in [-0.05, 0) is 69.7 Å². The highest BCUT2D eigenvalue weighted by Crippen LogP contribution is 2.21. The lowest BCUT2D eigenvalue weighted by atomic mass is 9.95. The molecule has 0 aromatic heterocycles. The summed E-state index contributed by atoms with van der Waals surface area (Å²) < 4.78 is 18.5. The summed E-state index contributed by atoms with van der Waals surface area (Å²) in [6, 6.07) is 6.08. The summed E-state index contributed by atoms with van der Waals surface area (Å²) in [6.07, 6.45) is 5.50. The first-order valence-corrected chi connectivity index (χ1v) is 9.42. The van der Waals surface area contributed by atoms with Crippen molar-refractivity contribution < 1.29 is 18.7 Å². The van der Waals surface area contributed by atoms with Crippen LogP contribution < -0.4 is 5.32 Å². The lowest BCUT2D eigenvalue weighted by molar-refractivity contribution is -0.116. The predicted molar refractivity (Wildman–Crippen MR) is 104 cm³/mol. The van der Waals surface area contributed by atoms with Gasteiger partial charge in [-0.15, -0.1) is 0 Å². The number of hydrogen-bond acceptors (Lipinski definition) is 3. The number of likely N-dealkylation sites (tertiary alicyclic amines) is 1. The number of carbonyl (C=O) groups excluding carboxylic acids is 2. The van der Waals surface area contributed by atoms with Crippen molar-refractivity contribution in [2.24, 2.45) is 5.92 Å². The molecule has 148 valence electrons. The molecule has 1 aromatic rings. The van der Waals surface area contributed by atoms with E-state index in [1.165, 1.54) is 18.2 Å². The maximum atomic E-state index is 13.1. The topological polar surface area (TPSA) is 58.6 Å². The number of benzene rings is 1. The third-order valence-corrected chi connectivity index (χ3v) is 4.30. The molecule has 6 heteroatoms. The molecular formula is C21H29FN2O3. The van der Waals surface area contributed by atoms with Gasteiger partial charge in [0.15, 0.2) is 0 Å². The van der Waals surface area contributed by atoms with E-state index in [2.05, 4.69) is 5.32 Å². The highest BCUT2D eigenvalue weighted by atomic mass is 19.1. The molecule has 0 bridgehead atoms. The Balaban J connectivity index is 1.73. The van der Waals surface area contributed by atoms with Crippen molar-refractivity contribution >= 4 is 18.1 Å². The smallest absolute Gasteiger partial charge is 0.410 e. The number of carbonyl (C=O) groups is 2. The molecule has 0 saturated carbocycles. The van der Waals surface area contributed by atoms with Gasteiger partial charge in [0.25, 0.3) is 0 Å². The van der Waals surface area contributed by atoms with E-state index in [4.69, 9.17) is 4.74 Å². The fourth-order valence-corrected chi connectivity index (χ4v) is 3.03. The van der Waals surface area contributed by atoms with Crippen LogP contribution in [0.25, 0.3) is 6.08 Å². The molecule has 2 rings (SSSR count). The number of hydrogen-bond donors (Lipinski definition) is 1. The van der Waals surface area contributed by atoms with Crippen molar-refractivity contribution in [2.75, 3.05) is 19.6 Å². The number of ether oxygens (including phenoxy) is 1. The largest absolute Gasteiger partial charge is 0.444 e. The quantitative estimate of drug-likeness (QED) is 0.791. The molecule has 1 fully saturated rings. The number of halogens is 1. The number of nitrogens with one attached hydrogen (secondary N) is 1. The molecule has 2 amide bonds. The minimum Gasteiger partial charge on any atom is -0.444 e. The Bertz CT molecular complexity index is 682. The van der Waals surface area contributed by atoms with E-state index in [1.54, 1.807) is 23.1 Å². The van der Waals surface area contributed by atoms with Gasteiger partial charge in [-0.2, -0.15) is 0 Å². The molecule has 1 unspecified atom stereocenters. The van der Waals surface area contributed by atoms with Crippen molar-refractivity contribution in [3.8, 4) is 0 Å². The third kappa shape index (κ3) is 7.81. The standard InChI is InChI=1S/C21H29FN2O3/c1-21(2,3)27-20(26)24-13-5-7-17(15-24)11-12-23-19(25)10-9-16-6-4-8-18(22)14-16/h4,6,8-10,14,17H,5,7,11-13,15H2,1-3H3,(H,23,25)/b10-9+. The van der Waals surface area contributed by atoms with Gasteiger partial charge in [-0.3, -0.25) is 4.79 Å². The van der Waals surface area contributed by atoms with Crippen molar-refractivity contribution in [1.29, 1.82) is 0 Å². The average molecular weight is 376 g/mol. The van der Waals surface area contributed by atoms with Crippen LogP contribution in [0.1, 0.15) is 45.6 Å². The Morgan fingerprint density at radius 1 is 1.37 bits per heavy atom. The Morgan fingerprint density at radius 3 is 2.85 bits per heavy atom. The van der Waals surface area contributed by atoms with Gasteiger partial charge in [0.1, 0.15) is 11.4 Å². The van der Waals surface area contributed by atoms with Crippen LogP contribution in [0.4, 0.5) is 9.18 Å². The van der Waals surface area contributed by atoms with Gasteiger partial charge in [0, 0.05) is 25.7 Å². The molecule has 0 radical (unpaired) electrons. The van der Waals surface area contributed by atoms with Crippen LogP contribution >= 0.6 is 0 Å². The van der Waals surface area contributed by atoms with Crippen molar-refractivity contribution in [3.05, 3.63) is 41.7 Å². The molecule has 0 spiro atoms. The Morgan fingerprint density at radius 2 is 2.15 bits per heavy atom. The third-order valence-electron chi connectivity index (χ3n) is 4.30. The first-order chi connectivity index (χ1) is 12.7. The Hall–Kier alpha value is -2.37. The number of nitrogens with zero attached hydrogens (tertiary/aromatic N) is 1. The first-order valence-electron chi connectivity index (χ1n) is 9.42. The molecule has 0 aliphatic carbocycles. The molecule has 1 aromatic carbocycles. The molecule has 1 heterocycles. The summed E-state index contributed by atoms with van der Waals surface area (Å²) in [5.41, 5.74) is 0.150. The summed E-state index contributed by atoms with van der Waals surface area (Å²) in [5, 5.41) is 2.84. The van der Waals surface area contributed by atoms with Crippen LogP contribution in [0.2, 0.25) is 0 Å². The maximum Gasteiger partial charge on any atom is 0.410 e. The van der Waals surface area contributed by atoms with Crippen LogP contribution in [0.3, 0.4) is 0 Å². The van der Waals surface area contributed by atoms with Crippen LogP contribution in [0.5, 0.6) is 0 Å². The second kappa shape index (κ2) is 9.53. The zero-order valence-corrected chi connectivity index (χ0v) is 16.3. The summed E-state index contributed by atoms with van der Waals surface area (Å²) >= 11 is 0. The van der Waals surface area contributed by atoms with Crippen molar-refractivity contribution in [1.82, 2.24) is 10.2 Å². The fraction of sp³-hybridized carbons (Fsp3) is 0.524. The molecular weight excluding hydrogens is 347 g/mol. The molecule has 1 saturated heterocycles. The monoisotopic (exact) mass is 376 g/mol. The van der Waals surface area contributed by atoms with Gasteiger partial charge in [0.2, 0.25) is 5.91 Å². The van der Waals surface area contributed by atoms with E-state index in [1.807, 2.05) is 20.8 Å². The van der Waals surface area contributed by atoms with Gasteiger partial charge >= 0.3 is 6.09 Å². The fourth-order valence-electron chi connectivity index (χ4n) is 3.03. The zero-order chi connectivity index (χ0) is 19.9. The minimum atomic E-state index is -0.494. The summed E-state index contributed by atoms with van der Waals surface area (Å²) in [4.78, 5) is 25.8. The summed E-state index contributed by atoms with van der Waals surface area (Å²) in [5.74, 6) is -0.192. The van der Waals surface area contributed by atoms with Gasteiger partial charge in [-0.25, -0.2) is 9.18 Å². The maximum absolute atomic E-state index is 13.1. The Labute approximate surface area is 160 Å². The molecule has 1 aliphatic heterocycles. The number of piperidine rings is 1. The zero-order valence-electron chi connectivity index (χ0n) is 16.3. The number of amides is 2. The first kappa shape index (κ1) is 20.9. The highest BCUT2D eigenvalue weighted by molar-refractivity contribution is 5.91. The van der Waals surface area contributed by atoms with E-state index in [0.29, 0.717) is 31.1 Å². The van der Waals surface area contributed by atoms with Crippen molar-refractivity contribution in [3.63, 3.8) is 0 Å². The second-order valence-corrected chi connectivity index (χ2v) is 7.90. The number of rotatable bonds is 5. The molecule has 1 atom stereocenters. The van der Waals surface area contributed by atoms with E-state index >= 15 is 0 Å². The molecule has 1 N–H and O–H groups in total. The second-order valence-electron chi connectivity index (χ2n) is 7.90. The Kier molecular flexibility index (Phi) is 7.39. The van der Waals surface area contributed by atoms with E-state index in [0.717, 1.165) is 19.3 Å². The minimum absolute atomic E-state index is 0.209. The SMILES string of the molecule is CC(C)(C)OC(=O)N1CCCC(CCNC(=O)/C=C/c2cccc(F)c2)C1. The lowest BCUT2D eigenvalue weighted by Crippen LogP contribution is -2.43. The van der Waals surface area contributed by atoms with Crippen LogP contribution in [-0.4, -0.2) is 42.1 Å². The summed E-state index contributed by atoms with van der Waals surface area (Å²) in [7, 11) is 0. The van der Waals surface area contributed by atoms with E-state index in [-0.39, 0.29) is 17.8 Å². The molecule has 5 nitrogen and oxygen atoms in total. The van der Waals surface area contributed by atoms with Crippen LogP contribution in [0.15, 0.2) is 30.3 Å². The van der Waals surface area contributed by atoms with E-state index in [9.17, 15) is 14.0 Å². The van der Waals surface area contributed by atoms with Crippen LogP contribution in [-0.2, 0) is 9.53 Å². The van der Waals surface area contributed by atoms with Gasteiger partial charge in [0.05, 0.1) is 0 Å². The molecule has 27 heavy (non-hydrogen) atoms. The summed E-state index contributed by atoms with van der Waals surface area (Å²) in [6.45, 7) is 7.49.